The average Bonchev–Trinajstić information content (AvgIpc) is 2.95. The molecule has 20 heavy (non-hydrogen) atoms. The van der Waals surface area contributed by atoms with Crippen LogP contribution in [0.5, 0.6) is 5.75 Å². The third-order valence-electron chi connectivity index (χ3n) is 2.45. The first-order valence-corrected chi connectivity index (χ1v) is 6.07. The van der Waals surface area contributed by atoms with Gasteiger partial charge >= 0.3 is 5.97 Å². The summed E-state index contributed by atoms with van der Waals surface area (Å²) in [5, 5.41) is 0.581. The number of furan rings is 1. The zero-order chi connectivity index (χ0) is 14.5. The van der Waals surface area contributed by atoms with Gasteiger partial charge in [-0.25, -0.2) is 4.79 Å². The second-order valence-corrected chi connectivity index (χ2v) is 4.26. The molecule has 0 saturated heterocycles. The van der Waals surface area contributed by atoms with E-state index in [4.69, 9.17) is 20.8 Å². The van der Waals surface area contributed by atoms with Crippen LogP contribution in [0.4, 0.5) is 0 Å². The molecule has 1 heterocycles. The number of hydrogen-bond donors (Lipinski definition) is 0. The zero-order valence-electron chi connectivity index (χ0n) is 10.6. The molecule has 2 aromatic rings. The smallest absolute Gasteiger partial charge is 0.373 e. The van der Waals surface area contributed by atoms with Crippen molar-refractivity contribution in [2.45, 2.75) is 0 Å². The molecule has 0 unspecified atom stereocenters. The summed E-state index contributed by atoms with van der Waals surface area (Å²) in [4.78, 5) is 23.0. The van der Waals surface area contributed by atoms with E-state index in [-0.39, 0.29) is 23.9 Å². The Hall–Kier alpha value is -2.27. The Morgan fingerprint density at radius 1 is 1.10 bits per heavy atom. The van der Waals surface area contributed by atoms with Crippen molar-refractivity contribution in [2.24, 2.45) is 0 Å². The van der Waals surface area contributed by atoms with Crippen LogP contribution in [0, 0.1) is 0 Å². The summed E-state index contributed by atoms with van der Waals surface area (Å²) < 4.78 is 14.9. The topological polar surface area (TPSA) is 65.7 Å². The van der Waals surface area contributed by atoms with E-state index in [0.29, 0.717) is 10.8 Å². The van der Waals surface area contributed by atoms with E-state index in [2.05, 4.69) is 4.74 Å². The molecular weight excluding hydrogens is 284 g/mol. The largest absolute Gasteiger partial charge is 0.485 e. The maximum atomic E-state index is 11.8. The molecule has 0 N–H and O–H groups in total. The Labute approximate surface area is 120 Å². The molecule has 0 radical (unpaired) electrons. The Morgan fingerprint density at radius 3 is 2.40 bits per heavy atom. The van der Waals surface area contributed by atoms with E-state index < -0.39 is 5.97 Å². The van der Waals surface area contributed by atoms with Crippen LogP contribution in [0.1, 0.15) is 21.1 Å². The number of ketones is 1. The Kier molecular flexibility index (Phi) is 4.42. The highest BCUT2D eigenvalue weighted by Crippen LogP contribution is 2.16. The molecule has 0 fully saturated rings. The van der Waals surface area contributed by atoms with Gasteiger partial charge in [0.05, 0.1) is 7.11 Å². The number of carbonyl (C=O) groups excluding carboxylic acids is 2. The molecule has 1 aromatic carbocycles. The number of Topliss-reactive ketones (excluding diaryl/α,β-unsaturated/α-hetero) is 1. The predicted octanol–water partition coefficient (Wildman–Crippen LogP) is 2.98. The monoisotopic (exact) mass is 294 g/mol. The van der Waals surface area contributed by atoms with Crippen LogP contribution < -0.4 is 4.74 Å². The molecule has 0 bridgehead atoms. The zero-order valence-corrected chi connectivity index (χ0v) is 11.3. The lowest BCUT2D eigenvalue weighted by atomic mass is 10.3. The highest BCUT2D eigenvalue weighted by Gasteiger charge is 2.16. The van der Waals surface area contributed by atoms with E-state index in [1.165, 1.54) is 19.2 Å². The van der Waals surface area contributed by atoms with Gasteiger partial charge in [-0.05, 0) is 36.4 Å². The Bertz CT molecular complexity index is 615. The molecule has 6 heteroatoms. The molecule has 0 amide bonds. The Balaban J connectivity index is 1.96. The van der Waals surface area contributed by atoms with Gasteiger partial charge in [0.15, 0.2) is 12.4 Å². The van der Waals surface area contributed by atoms with Crippen molar-refractivity contribution in [1.29, 1.82) is 0 Å². The van der Waals surface area contributed by atoms with Gasteiger partial charge in [-0.3, -0.25) is 4.79 Å². The van der Waals surface area contributed by atoms with Crippen LogP contribution in [-0.4, -0.2) is 25.5 Å². The number of hydrogen-bond acceptors (Lipinski definition) is 5. The van der Waals surface area contributed by atoms with Gasteiger partial charge in [-0.2, -0.15) is 0 Å². The Morgan fingerprint density at radius 2 is 1.75 bits per heavy atom. The van der Waals surface area contributed by atoms with E-state index in [1.807, 2.05) is 0 Å². The maximum Gasteiger partial charge on any atom is 0.373 e. The molecule has 5 nitrogen and oxygen atoms in total. The standard InChI is InChI=1S/C14H11ClO5/c1-18-14(17)13-7-6-12(20-13)11(16)8-19-10-4-2-9(15)3-5-10/h2-7H,8H2,1H3. The average molecular weight is 295 g/mol. The van der Waals surface area contributed by atoms with E-state index in [1.54, 1.807) is 24.3 Å². The summed E-state index contributed by atoms with van der Waals surface area (Å²) in [6.45, 7) is -0.199. The number of methoxy groups -OCH3 is 1. The highest BCUT2D eigenvalue weighted by molar-refractivity contribution is 6.30. The van der Waals surface area contributed by atoms with Crippen molar-refractivity contribution in [3.8, 4) is 5.75 Å². The quantitative estimate of drug-likeness (QED) is 0.626. The first-order chi connectivity index (χ1) is 9.60. The van der Waals surface area contributed by atoms with Gasteiger partial charge in [-0.15, -0.1) is 0 Å². The molecule has 0 aliphatic heterocycles. The molecule has 0 spiro atoms. The fraction of sp³-hybridized carbons (Fsp3) is 0.143. The lowest BCUT2D eigenvalue weighted by molar-refractivity contribution is 0.0562. The van der Waals surface area contributed by atoms with E-state index in [0.717, 1.165) is 0 Å². The van der Waals surface area contributed by atoms with E-state index >= 15 is 0 Å². The number of ether oxygens (including phenoxy) is 2. The van der Waals surface area contributed by atoms with Gasteiger partial charge in [0, 0.05) is 5.02 Å². The summed E-state index contributed by atoms with van der Waals surface area (Å²) in [5.41, 5.74) is 0. The van der Waals surface area contributed by atoms with Crippen LogP contribution in [0.2, 0.25) is 5.02 Å². The predicted molar refractivity (Wildman–Crippen MR) is 71.3 cm³/mol. The number of esters is 1. The van der Waals surface area contributed by atoms with Gasteiger partial charge in [0.2, 0.25) is 11.5 Å². The van der Waals surface area contributed by atoms with Crippen LogP contribution in [0.3, 0.4) is 0 Å². The van der Waals surface area contributed by atoms with Gasteiger partial charge in [0.25, 0.3) is 0 Å². The molecule has 0 aliphatic carbocycles. The molecular formula is C14H11ClO5. The number of halogens is 1. The van der Waals surface area contributed by atoms with Crippen LogP contribution >= 0.6 is 11.6 Å². The van der Waals surface area contributed by atoms with Crippen molar-refractivity contribution in [1.82, 2.24) is 0 Å². The lowest BCUT2D eigenvalue weighted by Gasteiger charge is -2.03. The van der Waals surface area contributed by atoms with Crippen molar-refractivity contribution < 1.29 is 23.5 Å². The molecule has 1 aromatic heterocycles. The molecule has 0 aliphatic rings. The summed E-state index contributed by atoms with van der Waals surface area (Å²) >= 11 is 5.74. The maximum absolute atomic E-state index is 11.8. The fourth-order valence-corrected chi connectivity index (χ4v) is 1.57. The van der Waals surface area contributed by atoms with Gasteiger partial charge in [-0.1, -0.05) is 11.6 Å². The van der Waals surface area contributed by atoms with Crippen LogP contribution in [0.25, 0.3) is 0 Å². The third kappa shape index (κ3) is 3.39. The number of benzene rings is 1. The lowest BCUT2D eigenvalue weighted by Crippen LogP contribution is -2.10. The molecule has 0 saturated carbocycles. The van der Waals surface area contributed by atoms with Crippen molar-refractivity contribution in [3.05, 3.63) is 52.9 Å². The first kappa shape index (κ1) is 14.1. The molecule has 2 rings (SSSR count). The van der Waals surface area contributed by atoms with Gasteiger partial charge in [0.1, 0.15) is 5.75 Å². The summed E-state index contributed by atoms with van der Waals surface area (Å²) in [7, 11) is 1.23. The second kappa shape index (κ2) is 6.25. The normalized spacial score (nSPS) is 10.1. The summed E-state index contributed by atoms with van der Waals surface area (Å²) in [6.07, 6.45) is 0. The van der Waals surface area contributed by atoms with E-state index in [9.17, 15) is 9.59 Å². The number of carbonyl (C=O) groups is 2. The van der Waals surface area contributed by atoms with Crippen molar-refractivity contribution in [2.75, 3.05) is 13.7 Å². The second-order valence-electron chi connectivity index (χ2n) is 3.82. The minimum absolute atomic E-state index is 0.0256. The summed E-state index contributed by atoms with van der Waals surface area (Å²) in [6, 6.07) is 9.39. The SMILES string of the molecule is COC(=O)c1ccc(C(=O)COc2ccc(Cl)cc2)o1. The van der Waals surface area contributed by atoms with Crippen LogP contribution in [-0.2, 0) is 4.74 Å². The molecule has 0 atom stereocenters. The number of rotatable bonds is 5. The summed E-state index contributed by atoms with van der Waals surface area (Å²) in [5.74, 6) is -0.484. The van der Waals surface area contributed by atoms with Crippen molar-refractivity contribution in [3.63, 3.8) is 0 Å². The third-order valence-corrected chi connectivity index (χ3v) is 2.70. The van der Waals surface area contributed by atoms with Crippen LogP contribution in [0.15, 0.2) is 40.8 Å². The fourth-order valence-electron chi connectivity index (χ4n) is 1.45. The minimum Gasteiger partial charge on any atom is -0.485 e. The minimum atomic E-state index is -0.636. The molecule has 104 valence electrons. The first-order valence-electron chi connectivity index (χ1n) is 5.70. The highest BCUT2D eigenvalue weighted by atomic mass is 35.5. The van der Waals surface area contributed by atoms with Crippen molar-refractivity contribution >= 4 is 23.4 Å². The van der Waals surface area contributed by atoms with Gasteiger partial charge < -0.3 is 13.9 Å².